The van der Waals surface area contributed by atoms with Gasteiger partial charge in [-0.25, -0.2) is 8.78 Å². The van der Waals surface area contributed by atoms with Crippen LogP contribution < -0.4 is 10.6 Å². The standard InChI is InChI=1S/C15H22F2N2/c1-10(8-13-4-3-7-18-13)19-11(2)14-9-12(16)5-6-15(14)17/h5-6,9-11,13,18-19H,3-4,7-8H2,1-2H3. The fourth-order valence-electron chi connectivity index (χ4n) is 2.82. The number of benzene rings is 1. The van der Waals surface area contributed by atoms with Crippen molar-refractivity contribution in [3.05, 3.63) is 35.4 Å². The van der Waals surface area contributed by atoms with E-state index < -0.39 is 5.82 Å². The van der Waals surface area contributed by atoms with Gasteiger partial charge in [0, 0.05) is 23.7 Å². The van der Waals surface area contributed by atoms with Gasteiger partial charge in [0.1, 0.15) is 11.6 Å². The first-order chi connectivity index (χ1) is 9.06. The molecule has 3 unspecified atom stereocenters. The quantitative estimate of drug-likeness (QED) is 0.857. The van der Waals surface area contributed by atoms with Gasteiger partial charge >= 0.3 is 0 Å². The summed E-state index contributed by atoms with van der Waals surface area (Å²) in [5.74, 6) is -0.747. The van der Waals surface area contributed by atoms with E-state index >= 15 is 0 Å². The third-order valence-corrected chi connectivity index (χ3v) is 3.76. The Kier molecular flexibility index (Phi) is 4.88. The fourth-order valence-corrected chi connectivity index (χ4v) is 2.82. The van der Waals surface area contributed by atoms with Gasteiger partial charge in [-0.15, -0.1) is 0 Å². The molecule has 1 heterocycles. The van der Waals surface area contributed by atoms with Crippen molar-refractivity contribution in [3.63, 3.8) is 0 Å². The van der Waals surface area contributed by atoms with Gasteiger partial charge in [0.25, 0.3) is 0 Å². The van der Waals surface area contributed by atoms with Crippen LogP contribution in [-0.2, 0) is 0 Å². The Morgan fingerprint density at radius 1 is 1.37 bits per heavy atom. The van der Waals surface area contributed by atoms with E-state index in [9.17, 15) is 8.78 Å². The molecule has 1 aromatic rings. The second kappa shape index (κ2) is 6.44. The van der Waals surface area contributed by atoms with Gasteiger partial charge in [-0.05, 0) is 57.9 Å². The van der Waals surface area contributed by atoms with Gasteiger partial charge in [-0.1, -0.05) is 0 Å². The molecule has 0 aromatic heterocycles. The molecule has 2 N–H and O–H groups in total. The van der Waals surface area contributed by atoms with Crippen LogP contribution in [0.15, 0.2) is 18.2 Å². The Morgan fingerprint density at radius 3 is 2.84 bits per heavy atom. The van der Waals surface area contributed by atoms with Gasteiger partial charge in [-0.3, -0.25) is 0 Å². The Bertz CT molecular complexity index is 417. The summed E-state index contributed by atoms with van der Waals surface area (Å²) in [6.07, 6.45) is 3.45. The molecule has 1 saturated heterocycles. The highest BCUT2D eigenvalue weighted by Crippen LogP contribution is 2.20. The lowest BCUT2D eigenvalue weighted by Crippen LogP contribution is -2.35. The van der Waals surface area contributed by atoms with Crippen LogP contribution in [-0.4, -0.2) is 18.6 Å². The second-order valence-corrected chi connectivity index (χ2v) is 5.48. The smallest absolute Gasteiger partial charge is 0.128 e. The fraction of sp³-hybridized carbons (Fsp3) is 0.600. The van der Waals surface area contributed by atoms with E-state index in [4.69, 9.17) is 0 Å². The largest absolute Gasteiger partial charge is 0.314 e. The lowest BCUT2D eigenvalue weighted by molar-refractivity contribution is 0.400. The van der Waals surface area contributed by atoms with Crippen LogP contribution in [0.4, 0.5) is 8.78 Å². The molecule has 0 aliphatic carbocycles. The average molecular weight is 268 g/mol. The molecule has 0 spiro atoms. The number of halogens is 2. The number of rotatable bonds is 5. The zero-order valence-electron chi connectivity index (χ0n) is 11.5. The molecule has 0 radical (unpaired) electrons. The van der Waals surface area contributed by atoms with E-state index in [1.807, 2.05) is 6.92 Å². The van der Waals surface area contributed by atoms with Crippen LogP contribution in [0.3, 0.4) is 0 Å². The van der Waals surface area contributed by atoms with Gasteiger partial charge < -0.3 is 10.6 Å². The van der Waals surface area contributed by atoms with Crippen molar-refractivity contribution >= 4 is 0 Å². The third kappa shape index (κ3) is 3.98. The Hall–Kier alpha value is -1.00. The summed E-state index contributed by atoms with van der Waals surface area (Å²) in [5.41, 5.74) is 0.395. The van der Waals surface area contributed by atoms with Gasteiger partial charge in [0.15, 0.2) is 0 Å². The van der Waals surface area contributed by atoms with Gasteiger partial charge in [0.2, 0.25) is 0 Å². The molecular formula is C15H22F2N2. The summed E-state index contributed by atoms with van der Waals surface area (Å²) in [4.78, 5) is 0. The summed E-state index contributed by atoms with van der Waals surface area (Å²) >= 11 is 0. The van der Waals surface area contributed by atoms with Crippen molar-refractivity contribution < 1.29 is 8.78 Å². The molecule has 106 valence electrons. The Balaban J connectivity index is 1.91. The minimum absolute atomic E-state index is 0.188. The van der Waals surface area contributed by atoms with E-state index in [0.717, 1.165) is 19.0 Å². The molecule has 1 aromatic carbocycles. The normalized spacial score (nSPS) is 22.4. The molecule has 2 rings (SSSR count). The summed E-state index contributed by atoms with van der Waals surface area (Å²) in [7, 11) is 0. The third-order valence-electron chi connectivity index (χ3n) is 3.76. The van der Waals surface area contributed by atoms with Crippen molar-refractivity contribution in [2.75, 3.05) is 6.54 Å². The highest BCUT2D eigenvalue weighted by Gasteiger charge is 2.19. The number of nitrogens with one attached hydrogen (secondary N) is 2. The molecule has 0 amide bonds. The Labute approximate surface area is 113 Å². The Morgan fingerprint density at radius 2 is 2.16 bits per heavy atom. The molecule has 1 aliphatic rings. The molecule has 0 bridgehead atoms. The van der Waals surface area contributed by atoms with E-state index in [0.29, 0.717) is 11.6 Å². The highest BCUT2D eigenvalue weighted by molar-refractivity contribution is 5.21. The van der Waals surface area contributed by atoms with E-state index in [2.05, 4.69) is 17.6 Å². The number of hydrogen-bond acceptors (Lipinski definition) is 2. The zero-order valence-corrected chi connectivity index (χ0v) is 11.5. The molecule has 3 atom stereocenters. The first-order valence-electron chi connectivity index (χ1n) is 7.00. The van der Waals surface area contributed by atoms with E-state index in [1.165, 1.54) is 25.0 Å². The second-order valence-electron chi connectivity index (χ2n) is 5.48. The van der Waals surface area contributed by atoms with Crippen LogP contribution >= 0.6 is 0 Å². The molecule has 2 nitrogen and oxygen atoms in total. The van der Waals surface area contributed by atoms with Crippen molar-refractivity contribution in [2.45, 2.75) is 51.2 Å². The van der Waals surface area contributed by atoms with Crippen molar-refractivity contribution in [2.24, 2.45) is 0 Å². The van der Waals surface area contributed by atoms with Crippen LogP contribution in [0.25, 0.3) is 0 Å². The first-order valence-corrected chi connectivity index (χ1v) is 7.00. The minimum Gasteiger partial charge on any atom is -0.314 e. The van der Waals surface area contributed by atoms with Crippen LogP contribution in [0.1, 0.15) is 44.7 Å². The van der Waals surface area contributed by atoms with Gasteiger partial charge in [0.05, 0.1) is 0 Å². The summed E-state index contributed by atoms with van der Waals surface area (Å²) in [6.45, 7) is 5.05. The average Bonchev–Trinajstić information content (AvgIpc) is 2.84. The molecule has 19 heavy (non-hydrogen) atoms. The van der Waals surface area contributed by atoms with Crippen molar-refractivity contribution in [1.29, 1.82) is 0 Å². The predicted molar refractivity (Wildman–Crippen MR) is 73.0 cm³/mol. The summed E-state index contributed by atoms with van der Waals surface area (Å²) < 4.78 is 26.8. The molecule has 0 saturated carbocycles. The minimum atomic E-state index is -0.393. The van der Waals surface area contributed by atoms with Crippen molar-refractivity contribution in [3.8, 4) is 0 Å². The van der Waals surface area contributed by atoms with Crippen LogP contribution in [0, 0.1) is 11.6 Å². The zero-order chi connectivity index (χ0) is 13.8. The molecular weight excluding hydrogens is 246 g/mol. The monoisotopic (exact) mass is 268 g/mol. The predicted octanol–water partition coefficient (Wildman–Crippen LogP) is 3.15. The maximum Gasteiger partial charge on any atom is 0.128 e. The topological polar surface area (TPSA) is 24.1 Å². The lowest BCUT2D eigenvalue weighted by atomic mass is 10.0. The molecule has 1 aliphatic heterocycles. The maximum atomic E-state index is 13.7. The summed E-state index contributed by atoms with van der Waals surface area (Å²) in [6, 6.07) is 4.24. The SMILES string of the molecule is CC(CC1CCCN1)NC(C)c1cc(F)ccc1F. The first kappa shape index (κ1) is 14.4. The highest BCUT2D eigenvalue weighted by atomic mass is 19.1. The maximum absolute atomic E-state index is 13.7. The molecule has 4 heteroatoms. The number of hydrogen-bond donors (Lipinski definition) is 2. The van der Waals surface area contributed by atoms with E-state index in [1.54, 1.807) is 0 Å². The summed E-state index contributed by atoms with van der Waals surface area (Å²) in [5, 5.41) is 6.79. The van der Waals surface area contributed by atoms with Crippen LogP contribution in [0.2, 0.25) is 0 Å². The van der Waals surface area contributed by atoms with E-state index in [-0.39, 0.29) is 17.9 Å². The molecule has 1 fully saturated rings. The van der Waals surface area contributed by atoms with Crippen LogP contribution in [0.5, 0.6) is 0 Å². The lowest BCUT2D eigenvalue weighted by Gasteiger charge is -2.23. The van der Waals surface area contributed by atoms with Gasteiger partial charge in [-0.2, -0.15) is 0 Å². The van der Waals surface area contributed by atoms with Crippen molar-refractivity contribution in [1.82, 2.24) is 10.6 Å².